The molecule has 42 heavy (non-hydrogen) atoms. The van der Waals surface area contributed by atoms with Crippen molar-refractivity contribution in [2.45, 2.75) is 140 Å². The second-order valence-corrected chi connectivity index (χ2v) is 16.1. The van der Waals surface area contributed by atoms with Crippen molar-refractivity contribution in [1.29, 1.82) is 0 Å². The van der Waals surface area contributed by atoms with Gasteiger partial charge in [0.25, 0.3) is 0 Å². The van der Waals surface area contributed by atoms with Crippen molar-refractivity contribution >= 4 is 0 Å². The highest BCUT2D eigenvalue weighted by molar-refractivity contribution is 5.17. The zero-order valence-electron chi connectivity index (χ0n) is 25.8. The molecule has 3 saturated heterocycles. The maximum absolute atomic E-state index is 11.0. The lowest BCUT2D eigenvalue weighted by molar-refractivity contribution is -0.331. The highest BCUT2D eigenvalue weighted by Gasteiger charge is 2.71. The minimum Gasteiger partial charge on any atom is -0.394 e. The zero-order valence-corrected chi connectivity index (χ0v) is 25.8. The Morgan fingerprint density at radius 1 is 0.857 bits per heavy atom. The largest absolute Gasteiger partial charge is 0.394 e. The fraction of sp³-hybridized carbons (Fsp3) is 1.00. The second kappa shape index (κ2) is 10.6. The molecule has 4 aliphatic carbocycles. The lowest BCUT2D eigenvalue weighted by Crippen LogP contribution is -2.63. The van der Waals surface area contributed by atoms with Crippen LogP contribution in [0.4, 0.5) is 0 Å². The quantitative estimate of drug-likeness (QED) is 0.334. The first-order chi connectivity index (χ1) is 19.9. The van der Waals surface area contributed by atoms with E-state index in [4.69, 9.17) is 18.9 Å². The van der Waals surface area contributed by atoms with Crippen molar-refractivity contribution < 1.29 is 44.5 Å². The van der Waals surface area contributed by atoms with Crippen LogP contribution in [0.1, 0.15) is 85.5 Å². The standard InChI is InChI=1S/C33H54O9/c1-16-7-10-33(39-15-16)17(2)25-22(42-33)12-21-20-6-5-18-11-19(35)8-9-31(18,3)26(20)23(13-32(21,25)4)40-30-29(38)28(37)27(36)24(14-34)41-30/h16-30,34-38H,5-15H2,1-4H3/t16?,17-,18?,19?,20-,21-,22-,23?,24+,25-,26+,27-,28-,29+,30+,31-,32-,33+/m0/s1. The number of fused-ring (bicyclic) bond motifs is 7. The molecule has 18 atom stereocenters. The third kappa shape index (κ3) is 4.35. The van der Waals surface area contributed by atoms with Crippen molar-refractivity contribution in [2.75, 3.05) is 13.2 Å². The van der Waals surface area contributed by atoms with E-state index in [1.165, 1.54) is 0 Å². The molecular formula is C33H54O9. The molecule has 240 valence electrons. The number of hydrogen-bond acceptors (Lipinski definition) is 9. The Kier molecular flexibility index (Phi) is 7.64. The van der Waals surface area contributed by atoms with E-state index in [0.717, 1.165) is 64.4 Å². The molecular weight excluding hydrogens is 540 g/mol. The van der Waals surface area contributed by atoms with Crippen LogP contribution in [-0.2, 0) is 18.9 Å². The molecule has 5 N–H and O–H groups in total. The van der Waals surface area contributed by atoms with Crippen molar-refractivity contribution in [3.05, 3.63) is 0 Å². The van der Waals surface area contributed by atoms with E-state index < -0.39 is 43.1 Å². The van der Waals surface area contributed by atoms with Crippen LogP contribution in [0, 0.1) is 52.3 Å². The minimum absolute atomic E-state index is 0.0176. The van der Waals surface area contributed by atoms with Gasteiger partial charge in [0.2, 0.25) is 0 Å². The van der Waals surface area contributed by atoms with Crippen LogP contribution >= 0.6 is 0 Å². The van der Waals surface area contributed by atoms with Gasteiger partial charge in [0.05, 0.1) is 31.5 Å². The van der Waals surface area contributed by atoms with E-state index in [2.05, 4.69) is 27.7 Å². The summed E-state index contributed by atoms with van der Waals surface area (Å²) >= 11 is 0. The van der Waals surface area contributed by atoms with Crippen molar-refractivity contribution in [2.24, 2.45) is 52.3 Å². The number of hydrogen-bond donors (Lipinski definition) is 5. The molecule has 4 saturated carbocycles. The Labute approximate surface area is 250 Å². The summed E-state index contributed by atoms with van der Waals surface area (Å²) < 4.78 is 26.2. The Balaban J connectivity index is 1.23. The monoisotopic (exact) mass is 594 g/mol. The summed E-state index contributed by atoms with van der Waals surface area (Å²) in [6, 6.07) is 0. The van der Waals surface area contributed by atoms with E-state index in [1.807, 2.05) is 0 Å². The van der Waals surface area contributed by atoms with E-state index in [-0.39, 0.29) is 41.0 Å². The third-order valence-corrected chi connectivity index (χ3v) is 14.0. The van der Waals surface area contributed by atoms with Gasteiger partial charge in [-0.2, -0.15) is 0 Å². The van der Waals surface area contributed by atoms with Gasteiger partial charge in [0.15, 0.2) is 12.1 Å². The number of aliphatic hydroxyl groups excluding tert-OH is 5. The molecule has 7 aliphatic rings. The third-order valence-electron chi connectivity index (χ3n) is 14.0. The summed E-state index contributed by atoms with van der Waals surface area (Å²) in [6.07, 6.45) is 1.80. The van der Waals surface area contributed by atoms with Gasteiger partial charge in [0.1, 0.15) is 24.4 Å². The van der Waals surface area contributed by atoms with E-state index in [0.29, 0.717) is 29.6 Å². The molecule has 0 aromatic rings. The van der Waals surface area contributed by atoms with Gasteiger partial charge in [-0.15, -0.1) is 0 Å². The van der Waals surface area contributed by atoms with Gasteiger partial charge < -0.3 is 44.5 Å². The highest BCUT2D eigenvalue weighted by Crippen LogP contribution is 2.71. The van der Waals surface area contributed by atoms with Crippen LogP contribution in [0.5, 0.6) is 0 Å². The zero-order chi connectivity index (χ0) is 29.8. The highest BCUT2D eigenvalue weighted by atomic mass is 16.7. The molecule has 7 fully saturated rings. The normalized spacial score (nSPS) is 60.9. The van der Waals surface area contributed by atoms with Gasteiger partial charge in [-0.1, -0.05) is 27.7 Å². The van der Waals surface area contributed by atoms with Crippen LogP contribution in [-0.4, -0.2) is 93.6 Å². The predicted molar refractivity (Wildman–Crippen MR) is 152 cm³/mol. The Hall–Kier alpha value is -0.360. The lowest BCUT2D eigenvalue weighted by atomic mass is 9.43. The summed E-state index contributed by atoms with van der Waals surface area (Å²) in [6.45, 7) is 9.67. The summed E-state index contributed by atoms with van der Waals surface area (Å²) in [5.74, 6) is 2.14. The fourth-order valence-corrected chi connectivity index (χ4v) is 11.8. The molecule has 3 heterocycles. The molecule has 0 amide bonds. The smallest absolute Gasteiger partial charge is 0.186 e. The van der Waals surface area contributed by atoms with Crippen LogP contribution < -0.4 is 0 Å². The summed E-state index contributed by atoms with van der Waals surface area (Å²) in [7, 11) is 0. The molecule has 0 radical (unpaired) electrons. The van der Waals surface area contributed by atoms with Gasteiger partial charge in [0, 0.05) is 12.3 Å². The SMILES string of the molecule is CC1CC[C@@]2(OC1)O[C@H]1C[C@H]3[C@@H]4CCC5CC(O)CC[C@]5(C)[C@H]4C(O[C@@H]4O[C@H](CO)[C@H](O)[C@H](O)[C@H]4O)C[C@]3(C)[C@H]1[C@@H]2C. The average Bonchev–Trinajstić information content (AvgIpc) is 3.40. The molecule has 9 heteroatoms. The topological polar surface area (TPSA) is 138 Å². The van der Waals surface area contributed by atoms with Crippen molar-refractivity contribution in [1.82, 2.24) is 0 Å². The fourth-order valence-electron chi connectivity index (χ4n) is 11.8. The van der Waals surface area contributed by atoms with Gasteiger partial charge >= 0.3 is 0 Å². The molecule has 3 aliphatic heterocycles. The van der Waals surface area contributed by atoms with Crippen LogP contribution in [0.25, 0.3) is 0 Å². The van der Waals surface area contributed by atoms with Gasteiger partial charge in [-0.05, 0) is 97.7 Å². The van der Waals surface area contributed by atoms with Gasteiger partial charge in [-0.3, -0.25) is 0 Å². The average molecular weight is 595 g/mol. The first-order valence-electron chi connectivity index (χ1n) is 16.9. The maximum atomic E-state index is 11.0. The molecule has 4 unspecified atom stereocenters. The number of ether oxygens (including phenoxy) is 4. The Morgan fingerprint density at radius 3 is 2.36 bits per heavy atom. The van der Waals surface area contributed by atoms with Gasteiger partial charge in [-0.25, -0.2) is 0 Å². The molecule has 1 spiro atoms. The van der Waals surface area contributed by atoms with Crippen molar-refractivity contribution in [3.63, 3.8) is 0 Å². The lowest BCUT2D eigenvalue weighted by Gasteiger charge is -2.63. The predicted octanol–water partition coefficient (Wildman–Crippen LogP) is 2.59. The molecule has 9 nitrogen and oxygen atoms in total. The van der Waals surface area contributed by atoms with Crippen molar-refractivity contribution in [3.8, 4) is 0 Å². The second-order valence-electron chi connectivity index (χ2n) is 16.1. The minimum atomic E-state index is -1.46. The molecule has 7 rings (SSSR count). The Morgan fingerprint density at radius 2 is 1.64 bits per heavy atom. The van der Waals surface area contributed by atoms with Crippen LogP contribution in [0.15, 0.2) is 0 Å². The number of aliphatic hydroxyl groups is 5. The summed E-state index contributed by atoms with van der Waals surface area (Å²) in [5.41, 5.74) is -0.0758. The molecule has 0 aromatic carbocycles. The molecule has 0 bridgehead atoms. The first-order valence-corrected chi connectivity index (χ1v) is 16.9. The van der Waals surface area contributed by atoms with Crippen LogP contribution in [0.2, 0.25) is 0 Å². The molecule has 0 aromatic heterocycles. The number of rotatable bonds is 3. The van der Waals surface area contributed by atoms with E-state index in [9.17, 15) is 25.5 Å². The first kappa shape index (κ1) is 30.3. The van der Waals surface area contributed by atoms with E-state index in [1.54, 1.807) is 0 Å². The summed E-state index contributed by atoms with van der Waals surface area (Å²) in [4.78, 5) is 0. The van der Waals surface area contributed by atoms with E-state index >= 15 is 0 Å². The maximum Gasteiger partial charge on any atom is 0.186 e. The summed E-state index contributed by atoms with van der Waals surface area (Å²) in [5, 5.41) is 52.5. The Bertz CT molecular complexity index is 1000. The van der Waals surface area contributed by atoms with Crippen LogP contribution in [0.3, 0.4) is 0 Å².